The molecule has 0 bridgehead atoms. The average Bonchev–Trinajstić information content (AvgIpc) is 2.02. The van der Waals surface area contributed by atoms with Crippen molar-refractivity contribution in [1.82, 2.24) is 10.2 Å². The molecule has 1 N–H and O–H groups in total. The van der Waals surface area contributed by atoms with Crippen LogP contribution in [0.15, 0.2) is 12.3 Å². The molecule has 66 valence electrons. The molecule has 0 fully saturated rings. The summed E-state index contributed by atoms with van der Waals surface area (Å²) in [5.74, 6) is 0. The van der Waals surface area contributed by atoms with Crippen molar-refractivity contribution in [3.05, 3.63) is 12.3 Å². The number of nitrogens with zero attached hydrogens (tertiary/aromatic N) is 1. The number of hydrogen-bond acceptors (Lipinski definition) is 2. The van der Waals surface area contributed by atoms with Crippen molar-refractivity contribution >= 4 is 0 Å². The molecular formula is C9H20N2. The molecule has 0 aliphatic rings. The summed E-state index contributed by atoms with van der Waals surface area (Å²) in [6.07, 6.45) is 1.03. The summed E-state index contributed by atoms with van der Waals surface area (Å²) in [5, 5.41) is 3.14. The summed E-state index contributed by atoms with van der Waals surface area (Å²) in [6, 6.07) is 0.535. The van der Waals surface area contributed by atoms with E-state index in [1.54, 1.807) is 0 Å². The molecule has 1 atom stereocenters. The van der Waals surface area contributed by atoms with Crippen molar-refractivity contribution < 1.29 is 0 Å². The first-order valence-electron chi connectivity index (χ1n) is 4.18. The lowest BCUT2D eigenvalue weighted by Gasteiger charge is -2.28. The van der Waals surface area contributed by atoms with Gasteiger partial charge in [-0.2, -0.15) is 0 Å². The summed E-state index contributed by atoms with van der Waals surface area (Å²) < 4.78 is 0. The van der Waals surface area contributed by atoms with Gasteiger partial charge in [-0.05, 0) is 20.4 Å². The average molecular weight is 156 g/mol. The second kappa shape index (κ2) is 5.19. The lowest BCUT2D eigenvalue weighted by atomic mass is 10.2. The van der Waals surface area contributed by atoms with Gasteiger partial charge in [0.05, 0.1) is 0 Å². The molecule has 0 spiro atoms. The van der Waals surface area contributed by atoms with Crippen molar-refractivity contribution in [2.45, 2.75) is 26.3 Å². The fourth-order valence-electron chi connectivity index (χ4n) is 0.993. The molecule has 0 radical (unpaired) electrons. The zero-order valence-electron chi connectivity index (χ0n) is 8.15. The number of rotatable bonds is 5. The molecule has 1 unspecified atom stereocenters. The third kappa shape index (κ3) is 3.42. The van der Waals surface area contributed by atoms with Crippen LogP contribution in [-0.4, -0.2) is 31.6 Å². The third-order valence-electron chi connectivity index (χ3n) is 2.07. The van der Waals surface area contributed by atoms with E-state index in [-0.39, 0.29) is 0 Å². The lowest BCUT2D eigenvalue weighted by Crippen LogP contribution is -2.35. The highest BCUT2D eigenvalue weighted by molar-refractivity contribution is 4.93. The highest BCUT2D eigenvalue weighted by Gasteiger charge is 2.07. The van der Waals surface area contributed by atoms with Crippen LogP contribution in [0.4, 0.5) is 0 Å². The maximum atomic E-state index is 3.97. The molecule has 0 saturated heterocycles. The van der Waals surface area contributed by atoms with Crippen molar-refractivity contribution in [2.24, 2.45) is 0 Å². The lowest BCUT2D eigenvalue weighted by molar-refractivity contribution is 0.310. The van der Waals surface area contributed by atoms with Gasteiger partial charge in [0.2, 0.25) is 0 Å². The van der Waals surface area contributed by atoms with E-state index in [1.807, 2.05) is 7.05 Å². The molecule has 0 aromatic carbocycles. The van der Waals surface area contributed by atoms with Gasteiger partial charge in [-0.15, -0.1) is 0 Å². The molecule has 2 nitrogen and oxygen atoms in total. The van der Waals surface area contributed by atoms with E-state index in [0.717, 1.165) is 13.0 Å². The standard InChI is InChI=1S/C9H20N2/c1-6-8(2)11(5)9(3)7-10-4/h9-10H,2,6-7H2,1,3-5H3. The summed E-state index contributed by atoms with van der Waals surface area (Å²) in [7, 11) is 4.06. The van der Waals surface area contributed by atoms with Gasteiger partial charge < -0.3 is 10.2 Å². The Morgan fingerprint density at radius 3 is 2.55 bits per heavy atom. The van der Waals surface area contributed by atoms with Gasteiger partial charge in [-0.1, -0.05) is 13.5 Å². The van der Waals surface area contributed by atoms with E-state index in [1.165, 1.54) is 5.70 Å². The molecule has 0 amide bonds. The Hall–Kier alpha value is -0.500. The van der Waals surface area contributed by atoms with Crippen LogP contribution in [0.25, 0.3) is 0 Å². The van der Waals surface area contributed by atoms with Crippen molar-refractivity contribution in [3.63, 3.8) is 0 Å². The maximum Gasteiger partial charge on any atom is 0.0379 e. The number of hydrogen-bond donors (Lipinski definition) is 1. The SMILES string of the molecule is C=C(CC)N(C)C(C)CNC. The van der Waals surface area contributed by atoms with Crippen LogP contribution in [0.3, 0.4) is 0 Å². The Bertz CT molecular complexity index is 121. The smallest absolute Gasteiger partial charge is 0.0379 e. The zero-order chi connectivity index (χ0) is 8.85. The molecule has 2 heteroatoms. The van der Waals surface area contributed by atoms with E-state index in [2.05, 4.69) is 37.7 Å². The Morgan fingerprint density at radius 2 is 2.18 bits per heavy atom. The second-order valence-electron chi connectivity index (χ2n) is 2.94. The number of likely N-dealkylation sites (N-methyl/N-ethyl adjacent to an activating group) is 2. The van der Waals surface area contributed by atoms with Crippen LogP contribution in [0.1, 0.15) is 20.3 Å². The minimum atomic E-state index is 0.535. The normalized spacial score (nSPS) is 12.7. The first kappa shape index (κ1) is 10.5. The summed E-state index contributed by atoms with van der Waals surface area (Å²) in [5.41, 5.74) is 1.20. The maximum absolute atomic E-state index is 3.97. The highest BCUT2D eigenvalue weighted by Crippen LogP contribution is 2.06. The quantitative estimate of drug-likeness (QED) is 0.648. The van der Waals surface area contributed by atoms with Crippen LogP contribution in [-0.2, 0) is 0 Å². The van der Waals surface area contributed by atoms with E-state index in [4.69, 9.17) is 0 Å². The number of allylic oxidation sites excluding steroid dienone is 1. The van der Waals surface area contributed by atoms with Gasteiger partial charge in [-0.25, -0.2) is 0 Å². The van der Waals surface area contributed by atoms with E-state index in [9.17, 15) is 0 Å². The van der Waals surface area contributed by atoms with E-state index in [0.29, 0.717) is 6.04 Å². The minimum absolute atomic E-state index is 0.535. The second-order valence-corrected chi connectivity index (χ2v) is 2.94. The zero-order valence-corrected chi connectivity index (χ0v) is 8.15. The molecule has 0 aromatic heterocycles. The van der Waals surface area contributed by atoms with Crippen LogP contribution in [0.2, 0.25) is 0 Å². The van der Waals surface area contributed by atoms with Gasteiger partial charge in [0.1, 0.15) is 0 Å². The highest BCUT2D eigenvalue weighted by atomic mass is 15.1. The van der Waals surface area contributed by atoms with E-state index < -0.39 is 0 Å². The van der Waals surface area contributed by atoms with Crippen LogP contribution < -0.4 is 5.32 Å². The Kier molecular flexibility index (Phi) is 4.95. The molecule has 0 aromatic rings. The molecule has 0 saturated carbocycles. The summed E-state index contributed by atoms with van der Waals surface area (Å²) >= 11 is 0. The Balaban J connectivity index is 3.80. The predicted molar refractivity (Wildman–Crippen MR) is 50.6 cm³/mol. The first-order valence-corrected chi connectivity index (χ1v) is 4.18. The van der Waals surface area contributed by atoms with Crippen molar-refractivity contribution in [1.29, 1.82) is 0 Å². The molecule has 0 rings (SSSR count). The summed E-state index contributed by atoms with van der Waals surface area (Å²) in [6.45, 7) is 9.31. The van der Waals surface area contributed by atoms with Gasteiger partial charge in [0.25, 0.3) is 0 Å². The van der Waals surface area contributed by atoms with Gasteiger partial charge >= 0.3 is 0 Å². The molecule has 0 heterocycles. The summed E-state index contributed by atoms with van der Waals surface area (Å²) in [4.78, 5) is 2.22. The van der Waals surface area contributed by atoms with Gasteiger partial charge in [-0.3, -0.25) is 0 Å². The van der Waals surface area contributed by atoms with Crippen LogP contribution in [0, 0.1) is 0 Å². The largest absolute Gasteiger partial charge is 0.374 e. The Labute approximate surface area is 70.3 Å². The number of nitrogens with one attached hydrogen (secondary N) is 1. The van der Waals surface area contributed by atoms with Gasteiger partial charge in [0, 0.05) is 25.3 Å². The van der Waals surface area contributed by atoms with Crippen molar-refractivity contribution in [3.8, 4) is 0 Å². The fraction of sp³-hybridized carbons (Fsp3) is 0.778. The fourth-order valence-corrected chi connectivity index (χ4v) is 0.993. The Morgan fingerprint density at radius 1 is 1.64 bits per heavy atom. The van der Waals surface area contributed by atoms with Gasteiger partial charge in [0.15, 0.2) is 0 Å². The van der Waals surface area contributed by atoms with Crippen LogP contribution >= 0.6 is 0 Å². The molecule has 0 aliphatic carbocycles. The molecule has 0 aliphatic heterocycles. The van der Waals surface area contributed by atoms with Crippen molar-refractivity contribution in [2.75, 3.05) is 20.6 Å². The predicted octanol–water partition coefficient (Wildman–Crippen LogP) is 1.45. The topological polar surface area (TPSA) is 15.3 Å². The third-order valence-corrected chi connectivity index (χ3v) is 2.07. The molecule has 11 heavy (non-hydrogen) atoms. The van der Waals surface area contributed by atoms with Crippen LogP contribution in [0.5, 0.6) is 0 Å². The minimum Gasteiger partial charge on any atom is -0.374 e. The van der Waals surface area contributed by atoms with E-state index >= 15 is 0 Å². The monoisotopic (exact) mass is 156 g/mol. The first-order chi connectivity index (χ1) is 5.13. The molecular weight excluding hydrogens is 136 g/mol.